The van der Waals surface area contributed by atoms with Crippen molar-refractivity contribution in [2.45, 2.75) is 65.2 Å². The summed E-state index contributed by atoms with van der Waals surface area (Å²) in [7, 11) is 0. The molecule has 3 aromatic carbocycles. The zero-order valence-electron chi connectivity index (χ0n) is 23.8. The van der Waals surface area contributed by atoms with Gasteiger partial charge in [0.15, 0.2) is 0 Å². The van der Waals surface area contributed by atoms with Crippen molar-refractivity contribution in [3.05, 3.63) is 132 Å². The van der Waals surface area contributed by atoms with Crippen LogP contribution in [0.1, 0.15) is 71.1 Å². The average Bonchev–Trinajstić information content (AvgIpc) is 2.91. The van der Waals surface area contributed by atoms with E-state index in [9.17, 15) is 5.11 Å². The van der Waals surface area contributed by atoms with Crippen molar-refractivity contribution in [2.24, 2.45) is 0 Å². The van der Waals surface area contributed by atoms with Crippen LogP contribution in [0.3, 0.4) is 0 Å². The van der Waals surface area contributed by atoms with Gasteiger partial charge in [0.1, 0.15) is 5.75 Å². The Bertz CT molecular complexity index is 1240. The number of phenolic OH excluding ortho intramolecular Hbond substituents is 1. The normalized spacial score (nSPS) is 13.8. The van der Waals surface area contributed by atoms with Gasteiger partial charge >= 0.3 is 0 Å². The Hall–Kier alpha value is -3.85. The Kier molecular flexibility index (Phi) is 11.3. The number of allylic oxidation sites excluding steroid dienone is 6. The average molecular weight is 509 g/mol. The lowest BCUT2D eigenvalue weighted by atomic mass is 9.77. The van der Waals surface area contributed by atoms with Crippen LogP contribution in [-0.2, 0) is 10.8 Å². The SMILES string of the molecule is CC(C)(C)c1ccccc1.CC(C)(c1ccccc1)c1cccc(N)c1O.CCC/C=C1\C=CC=CC1=N. The number of hydrogen-bond acceptors (Lipinski definition) is 3. The number of benzene rings is 3. The van der Waals surface area contributed by atoms with E-state index in [4.69, 9.17) is 11.1 Å². The van der Waals surface area contributed by atoms with E-state index in [1.165, 1.54) is 5.56 Å². The summed E-state index contributed by atoms with van der Waals surface area (Å²) in [6.45, 7) is 13.0. The minimum absolute atomic E-state index is 0.182. The summed E-state index contributed by atoms with van der Waals surface area (Å²) < 4.78 is 0. The number of aromatic hydroxyl groups is 1. The molecule has 3 nitrogen and oxygen atoms in total. The van der Waals surface area contributed by atoms with Gasteiger partial charge in [-0.15, -0.1) is 0 Å². The van der Waals surface area contributed by atoms with Crippen LogP contribution in [0.2, 0.25) is 0 Å². The highest BCUT2D eigenvalue weighted by Crippen LogP contribution is 2.39. The number of nitrogen functional groups attached to an aromatic ring is 1. The summed E-state index contributed by atoms with van der Waals surface area (Å²) in [5.74, 6) is 0.182. The minimum Gasteiger partial charge on any atom is -0.505 e. The van der Waals surface area contributed by atoms with Crippen molar-refractivity contribution in [1.29, 1.82) is 5.41 Å². The number of unbranched alkanes of at least 4 members (excludes halogenated alkanes) is 1. The predicted octanol–water partition coefficient (Wildman–Crippen LogP) is 9.14. The monoisotopic (exact) mass is 508 g/mol. The zero-order valence-corrected chi connectivity index (χ0v) is 23.8. The van der Waals surface area contributed by atoms with E-state index >= 15 is 0 Å². The summed E-state index contributed by atoms with van der Waals surface area (Å²) in [6.07, 6.45) is 12.0. The zero-order chi connectivity index (χ0) is 28.2. The summed E-state index contributed by atoms with van der Waals surface area (Å²) in [5.41, 5.74) is 11.3. The molecule has 4 rings (SSSR count). The highest BCUT2D eigenvalue weighted by molar-refractivity contribution is 6.09. The first-order valence-corrected chi connectivity index (χ1v) is 13.3. The van der Waals surface area contributed by atoms with E-state index in [-0.39, 0.29) is 11.2 Å². The summed E-state index contributed by atoms with van der Waals surface area (Å²) in [5, 5.41) is 17.6. The molecule has 0 saturated carbocycles. The molecule has 200 valence electrons. The number of nitrogens with one attached hydrogen (secondary N) is 1. The maximum absolute atomic E-state index is 10.1. The molecule has 0 aromatic heterocycles. The third-order valence-electron chi connectivity index (χ3n) is 6.49. The van der Waals surface area contributed by atoms with Crippen LogP contribution < -0.4 is 5.73 Å². The highest BCUT2D eigenvalue weighted by atomic mass is 16.3. The molecule has 0 saturated heterocycles. The first kappa shape index (κ1) is 30.4. The van der Waals surface area contributed by atoms with E-state index in [0.717, 1.165) is 29.5 Å². The second kappa shape index (κ2) is 14.2. The minimum atomic E-state index is -0.263. The molecule has 0 bridgehead atoms. The van der Waals surface area contributed by atoms with Crippen LogP contribution in [0.5, 0.6) is 5.75 Å². The molecule has 4 N–H and O–H groups in total. The molecule has 0 amide bonds. The molecule has 1 aliphatic carbocycles. The molecule has 0 spiro atoms. The second-order valence-electron chi connectivity index (χ2n) is 10.9. The third-order valence-corrected chi connectivity index (χ3v) is 6.49. The van der Waals surface area contributed by atoms with Crippen LogP contribution in [0.25, 0.3) is 0 Å². The van der Waals surface area contributed by atoms with E-state index in [0.29, 0.717) is 16.8 Å². The topological polar surface area (TPSA) is 70.1 Å². The quantitative estimate of drug-likeness (QED) is 0.243. The summed E-state index contributed by atoms with van der Waals surface area (Å²) >= 11 is 0. The molecule has 3 aromatic rings. The molecule has 0 fully saturated rings. The molecule has 1 aliphatic rings. The molecular formula is C35H44N2O. The summed E-state index contributed by atoms with van der Waals surface area (Å²) in [4.78, 5) is 0. The Morgan fingerprint density at radius 2 is 1.32 bits per heavy atom. The van der Waals surface area contributed by atoms with E-state index in [1.54, 1.807) is 6.07 Å². The van der Waals surface area contributed by atoms with Gasteiger partial charge in [0, 0.05) is 11.0 Å². The Labute approximate surface area is 230 Å². The van der Waals surface area contributed by atoms with Crippen molar-refractivity contribution >= 4 is 11.4 Å². The van der Waals surface area contributed by atoms with E-state index in [1.807, 2.05) is 54.6 Å². The second-order valence-corrected chi connectivity index (χ2v) is 10.9. The van der Waals surface area contributed by atoms with Crippen molar-refractivity contribution in [3.63, 3.8) is 0 Å². The first-order valence-electron chi connectivity index (χ1n) is 13.3. The van der Waals surface area contributed by atoms with Gasteiger partial charge in [-0.25, -0.2) is 0 Å². The highest BCUT2D eigenvalue weighted by Gasteiger charge is 2.26. The number of nitrogens with two attached hydrogens (primary N) is 1. The van der Waals surface area contributed by atoms with Gasteiger partial charge in [0.25, 0.3) is 0 Å². The molecule has 3 heteroatoms. The Morgan fingerprint density at radius 1 is 0.763 bits per heavy atom. The van der Waals surface area contributed by atoms with E-state index in [2.05, 4.69) is 90.1 Å². The molecule has 0 radical (unpaired) electrons. The van der Waals surface area contributed by atoms with Crippen LogP contribution >= 0.6 is 0 Å². The van der Waals surface area contributed by atoms with Crippen LogP contribution in [0.4, 0.5) is 5.69 Å². The maximum Gasteiger partial charge on any atom is 0.142 e. The summed E-state index contributed by atoms with van der Waals surface area (Å²) in [6, 6.07) is 26.1. The van der Waals surface area contributed by atoms with Crippen LogP contribution in [0.15, 0.2) is 115 Å². The van der Waals surface area contributed by atoms with Gasteiger partial charge in [-0.05, 0) is 40.7 Å². The van der Waals surface area contributed by atoms with Crippen LogP contribution in [-0.4, -0.2) is 10.8 Å². The smallest absolute Gasteiger partial charge is 0.142 e. The van der Waals surface area contributed by atoms with Gasteiger partial charge < -0.3 is 16.2 Å². The molecule has 0 unspecified atom stereocenters. The molecular weight excluding hydrogens is 464 g/mol. The number of rotatable bonds is 4. The maximum atomic E-state index is 10.1. The number of hydrogen-bond donors (Lipinski definition) is 3. The van der Waals surface area contributed by atoms with Gasteiger partial charge in [0.05, 0.1) is 11.4 Å². The largest absolute Gasteiger partial charge is 0.505 e. The van der Waals surface area contributed by atoms with Crippen LogP contribution in [0, 0.1) is 5.41 Å². The van der Waals surface area contributed by atoms with Gasteiger partial charge in [-0.2, -0.15) is 0 Å². The van der Waals surface area contributed by atoms with E-state index < -0.39 is 0 Å². The number of anilines is 1. The lowest BCUT2D eigenvalue weighted by Gasteiger charge is -2.27. The standard InChI is InChI=1S/C15H17NO.C10H13N.C10H14/c1-15(2,11-7-4-3-5-8-11)12-9-6-10-13(16)14(12)17;1-2-3-6-9-7-4-5-8-10(9)11;1-10(2,3)9-7-5-4-6-8-9/h3-10,17H,16H2,1-2H3;4-8,11H,2-3H2,1H3;4-8H,1-3H3/b;9-6+,11-10?;. The first-order chi connectivity index (χ1) is 18.0. The lowest BCUT2D eigenvalue weighted by Crippen LogP contribution is -2.19. The molecule has 0 aliphatic heterocycles. The van der Waals surface area contributed by atoms with Gasteiger partial charge in [-0.3, -0.25) is 0 Å². The Morgan fingerprint density at radius 3 is 1.82 bits per heavy atom. The fourth-order valence-corrected chi connectivity index (χ4v) is 3.99. The molecule has 0 atom stereocenters. The fourth-order valence-electron chi connectivity index (χ4n) is 3.99. The van der Waals surface area contributed by atoms with Crippen molar-refractivity contribution < 1.29 is 5.11 Å². The van der Waals surface area contributed by atoms with Crippen molar-refractivity contribution in [3.8, 4) is 5.75 Å². The molecule has 0 heterocycles. The number of phenols is 1. The van der Waals surface area contributed by atoms with Gasteiger partial charge in [-0.1, -0.05) is 145 Å². The number of para-hydroxylation sites is 1. The fraction of sp³-hybridized carbons (Fsp3) is 0.286. The third kappa shape index (κ3) is 8.92. The Balaban J connectivity index is 0.000000211. The van der Waals surface area contributed by atoms with Gasteiger partial charge in [0.2, 0.25) is 0 Å². The van der Waals surface area contributed by atoms with Crippen molar-refractivity contribution in [1.82, 2.24) is 0 Å². The molecule has 38 heavy (non-hydrogen) atoms. The van der Waals surface area contributed by atoms with Crippen molar-refractivity contribution in [2.75, 3.05) is 5.73 Å². The predicted molar refractivity (Wildman–Crippen MR) is 165 cm³/mol. The lowest BCUT2D eigenvalue weighted by molar-refractivity contribution is 0.456.